The first-order chi connectivity index (χ1) is 6.70. The number of phenols is 1. The van der Waals surface area contributed by atoms with Gasteiger partial charge in [-0.2, -0.15) is 0 Å². The summed E-state index contributed by atoms with van der Waals surface area (Å²) >= 11 is 0. The smallest absolute Gasteiger partial charge is 0.340 e. The van der Waals surface area contributed by atoms with Crippen molar-refractivity contribution in [1.82, 2.24) is 0 Å². The summed E-state index contributed by atoms with van der Waals surface area (Å²) in [5, 5.41) is 19.7. The van der Waals surface area contributed by atoms with Crippen LogP contribution in [0.25, 0.3) is 10.8 Å². The van der Waals surface area contributed by atoms with Crippen LogP contribution < -0.4 is 0 Å². The van der Waals surface area contributed by atoms with Crippen LogP contribution in [-0.4, -0.2) is 33.5 Å². The summed E-state index contributed by atoms with van der Waals surface area (Å²) in [6.07, 6.45) is 0. The molecule has 15 heavy (non-hydrogen) atoms. The number of aromatic carboxylic acids is 1. The van der Waals surface area contributed by atoms with Crippen LogP contribution in [0.4, 0.5) is 0 Å². The number of hydrogen-bond acceptors (Lipinski definition) is 2. The predicted octanol–water partition coefficient (Wildman–Crippen LogP) is 1.06. The Balaban J connectivity index is 0.00000112. The highest BCUT2D eigenvalue weighted by Crippen LogP contribution is 2.26. The summed E-state index contributed by atoms with van der Waals surface area (Å²) < 4.78 is 0. The van der Waals surface area contributed by atoms with E-state index in [1.165, 1.54) is 6.07 Å². The Hall–Kier alpha value is -1.50. The van der Waals surface area contributed by atoms with E-state index < -0.39 is 5.97 Å². The third-order valence-corrected chi connectivity index (χ3v) is 2.12. The summed E-state index contributed by atoms with van der Waals surface area (Å²) in [7, 11) is 0. The first-order valence-corrected chi connectivity index (χ1v) is 4.14. The highest BCUT2D eigenvalue weighted by Gasteiger charge is 2.12. The van der Waals surface area contributed by atoms with E-state index in [9.17, 15) is 9.90 Å². The molecule has 0 bridgehead atoms. The van der Waals surface area contributed by atoms with Gasteiger partial charge in [-0.15, -0.1) is 0 Å². The first-order valence-electron chi connectivity index (χ1n) is 4.14. The largest absolute Gasteiger partial charge is 0.507 e. The molecule has 0 heterocycles. The zero-order valence-electron chi connectivity index (χ0n) is 7.27. The molecule has 3 nitrogen and oxygen atoms in total. The van der Waals surface area contributed by atoms with Gasteiger partial charge in [0, 0.05) is 0 Å². The SMILES string of the molecule is O=C(O)c1c(O)ccc2ccccc12.[AlH3]. The van der Waals surface area contributed by atoms with E-state index in [4.69, 9.17) is 5.11 Å². The van der Waals surface area contributed by atoms with Gasteiger partial charge in [-0.1, -0.05) is 30.3 Å². The molecule has 0 amide bonds. The maximum absolute atomic E-state index is 10.9. The Labute approximate surface area is 97.1 Å². The van der Waals surface area contributed by atoms with Gasteiger partial charge in [-0.3, -0.25) is 0 Å². The van der Waals surface area contributed by atoms with Crippen molar-refractivity contribution in [3.63, 3.8) is 0 Å². The molecule has 0 aromatic heterocycles. The fourth-order valence-corrected chi connectivity index (χ4v) is 1.48. The molecule has 0 unspecified atom stereocenters. The molecule has 0 saturated heterocycles. The maximum Gasteiger partial charge on any atom is 0.340 e. The Morgan fingerprint density at radius 1 is 1.07 bits per heavy atom. The molecule has 2 rings (SSSR count). The molecule has 2 N–H and O–H groups in total. The average Bonchev–Trinajstić information content (AvgIpc) is 2.17. The van der Waals surface area contributed by atoms with Gasteiger partial charge >= 0.3 is 5.97 Å². The van der Waals surface area contributed by atoms with Crippen molar-refractivity contribution in [2.24, 2.45) is 0 Å². The Kier molecular flexibility index (Phi) is 3.36. The van der Waals surface area contributed by atoms with Crippen LogP contribution in [0.5, 0.6) is 5.75 Å². The van der Waals surface area contributed by atoms with Gasteiger partial charge in [0.15, 0.2) is 17.4 Å². The molecule has 0 spiro atoms. The van der Waals surface area contributed by atoms with Crippen molar-refractivity contribution in [2.75, 3.05) is 0 Å². The predicted molar refractivity (Wildman–Crippen MR) is 62.5 cm³/mol. The van der Waals surface area contributed by atoms with E-state index >= 15 is 0 Å². The highest BCUT2D eigenvalue weighted by atomic mass is 27.0. The lowest BCUT2D eigenvalue weighted by molar-refractivity contribution is 0.0696. The molecule has 76 valence electrons. The zero-order valence-corrected chi connectivity index (χ0v) is 7.27. The summed E-state index contributed by atoms with van der Waals surface area (Å²) in [5.41, 5.74) is -0.0388. The second kappa shape index (κ2) is 4.35. The number of benzene rings is 2. The molecule has 0 aliphatic heterocycles. The number of carboxylic acids is 1. The van der Waals surface area contributed by atoms with Crippen LogP contribution in [0.1, 0.15) is 10.4 Å². The molecule has 0 fully saturated rings. The third kappa shape index (κ3) is 1.96. The summed E-state index contributed by atoms with van der Waals surface area (Å²) in [5.74, 6) is -1.31. The van der Waals surface area contributed by atoms with Gasteiger partial charge in [0.05, 0.1) is 0 Å². The number of rotatable bonds is 1. The lowest BCUT2D eigenvalue weighted by Crippen LogP contribution is -1.97. The molecular formula is C11H11AlO3. The normalized spacial score (nSPS) is 9.60. The first kappa shape index (κ1) is 11.6. The van der Waals surface area contributed by atoms with Crippen LogP contribution in [0.2, 0.25) is 0 Å². The molecule has 0 radical (unpaired) electrons. The minimum absolute atomic E-state index is 0. The van der Waals surface area contributed by atoms with Crippen LogP contribution in [0.15, 0.2) is 36.4 Å². The van der Waals surface area contributed by atoms with Crippen molar-refractivity contribution < 1.29 is 15.0 Å². The summed E-state index contributed by atoms with van der Waals surface area (Å²) in [6.45, 7) is 0. The number of carbonyl (C=O) groups is 1. The molecule has 0 saturated carbocycles. The van der Waals surface area contributed by atoms with Gasteiger partial charge in [0.2, 0.25) is 0 Å². The van der Waals surface area contributed by atoms with Crippen molar-refractivity contribution in [3.05, 3.63) is 42.0 Å². The molecular weight excluding hydrogens is 207 g/mol. The summed E-state index contributed by atoms with van der Waals surface area (Å²) in [4.78, 5) is 10.9. The van der Waals surface area contributed by atoms with Crippen LogP contribution in [0, 0.1) is 0 Å². The van der Waals surface area contributed by atoms with Gasteiger partial charge < -0.3 is 10.2 Å². The number of fused-ring (bicyclic) bond motifs is 1. The van der Waals surface area contributed by atoms with Gasteiger partial charge in [0.1, 0.15) is 11.3 Å². The van der Waals surface area contributed by atoms with Crippen LogP contribution in [0.3, 0.4) is 0 Å². The molecule has 0 aliphatic rings. The highest BCUT2D eigenvalue weighted by molar-refractivity contribution is 6.06. The minimum Gasteiger partial charge on any atom is -0.507 e. The third-order valence-electron chi connectivity index (χ3n) is 2.12. The topological polar surface area (TPSA) is 57.5 Å². The van der Waals surface area contributed by atoms with Crippen molar-refractivity contribution in [2.45, 2.75) is 0 Å². The Morgan fingerprint density at radius 2 is 1.73 bits per heavy atom. The Morgan fingerprint density at radius 3 is 2.40 bits per heavy atom. The quantitative estimate of drug-likeness (QED) is 0.703. The van der Waals surface area contributed by atoms with E-state index in [1.807, 2.05) is 6.07 Å². The average molecular weight is 218 g/mol. The van der Waals surface area contributed by atoms with E-state index in [-0.39, 0.29) is 28.7 Å². The minimum atomic E-state index is -1.11. The monoisotopic (exact) mass is 218 g/mol. The van der Waals surface area contributed by atoms with E-state index in [1.54, 1.807) is 24.3 Å². The van der Waals surface area contributed by atoms with Crippen LogP contribution >= 0.6 is 0 Å². The lowest BCUT2D eigenvalue weighted by Gasteiger charge is -2.03. The van der Waals surface area contributed by atoms with Gasteiger partial charge in [-0.25, -0.2) is 4.79 Å². The summed E-state index contributed by atoms with van der Waals surface area (Å²) in [6, 6.07) is 10.1. The van der Waals surface area contributed by atoms with Crippen molar-refractivity contribution >= 4 is 34.1 Å². The van der Waals surface area contributed by atoms with Crippen molar-refractivity contribution in [1.29, 1.82) is 0 Å². The van der Waals surface area contributed by atoms with E-state index in [2.05, 4.69) is 0 Å². The van der Waals surface area contributed by atoms with E-state index in [0.717, 1.165) is 5.39 Å². The van der Waals surface area contributed by atoms with E-state index in [0.29, 0.717) is 5.39 Å². The van der Waals surface area contributed by atoms with Gasteiger partial charge in [-0.05, 0) is 16.8 Å². The fourth-order valence-electron chi connectivity index (χ4n) is 1.48. The lowest BCUT2D eigenvalue weighted by atomic mass is 10.0. The molecule has 0 aliphatic carbocycles. The fraction of sp³-hybridized carbons (Fsp3) is 0. The second-order valence-corrected chi connectivity index (χ2v) is 2.99. The molecule has 2 aromatic carbocycles. The zero-order chi connectivity index (χ0) is 10.1. The maximum atomic E-state index is 10.9. The van der Waals surface area contributed by atoms with Gasteiger partial charge in [0.25, 0.3) is 0 Å². The Bertz CT molecular complexity index is 508. The number of hydrogen-bond donors (Lipinski definition) is 2. The standard InChI is InChI=1S/C11H8O3.Al.3H/c12-9-6-5-7-3-1-2-4-8(7)10(9)11(13)14;;;;/h1-6,12H,(H,13,14);;;;. The van der Waals surface area contributed by atoms with Crippen molar-refractivity contribution in [3.8, 4) is 5.75 Å². The van der Waals surface area contributed by atoms with Crippen LogP contribution in [-0.2, 0) is 0 Å². The number of aromatic hydroxyl groups is 1. The second-order valence-electron chi connectivity index (χ2n) is 2.99. The molecule has 4 heteroatoms. The number of carboxylic acid groups (broad SMARTS) is 1. The molecule has 0 atom stereocenters. The molecule has 2 aromatic rings.